The van der Waals surface area contributed by atoms with Crippen LogP contribution in [0.5, 0.6) is 0 Å². The Morgan fingerprint density at radius 1 is 1.14 bits per heavy atom. The lowest BCUT2D eigenvalue weighted by Crippen LogP contribution is -2.23. The molecule has 2 rings (SSSR count). The number of hydrogen-bond acceptors (Lipinski definition) is 4. The van der Waals surface area contributed by atoms with Gasteiger partial charge in [-0.15, -0.1) is 11.3 Å². The van der Waals surface area contributed by atoms with Gasteiger partial charge in [0.25, 0.3) is 0 Å². The molecule has 4 nitrogen and oxygen atoms in total. The first-order chi connectivity index (χ1) is 9.83. The van der Waals surface area contributed by atoms with E-state index in [1.165, 1.54) is 23.5 Å². The second kappa shape index (κ2) is 6.83. The van der Waals surface area contributed by atoms with Gasteiger partial charge in [-0.3, -0.25) is 0 Å². The summed E-state index contributed by atoms with van der Waals surface area (Å²) in [5, 5.41) is 0.389. The molecule has 0 radical (unpaired) electrons. The quantitative estimate of drug-likeness (QED) is 0.825. The number of nitrogens with one attached hydrogen (secondary N) is 1. The largest absolute Gasteiger partial charge is 0.326 e. The molecule has 0 saturated carbocycles. The molecule has 0 bridgehead atoms. The summed E-state index contributed by atoms with van der Waals surface area (Å²) in [6, 6.07) is 6.22. The van der Waals surface area contributed by atoms with Crippen molar-refractivity contribution in [2.75, 3.05) is 0 Å². The molecule has 2 aromatic rings. The number of hydrogen-bond donors (Lipinski definition) is 2. The lowest BCUT2D eigenvalue weighted by Gasteiger charge is -2.10. The maximum absolute atomic E-state index is 12.3. The summed E-state index contributed by atoms with van der Waals surface area (Å²) in [6.45, 7) is 0.260. The molecule has 0 atom stereocenters. The normalized spacial score (nSPS) is 11.8. The molecule has 0 saturated heterocycles. The monoisotopic (exact) mass is 384 g/mol. The Kier molecular flexibility index (Phi) is 5.54. The van der Waals surface area contributed by atoms with Gasteiger partial charge in [0.1, 0.15) is 4.90 Å². The van der Waals surface area contributed by atoms with Crippen LogP contribution in [-0.4, -0.2) is 8.42 Å². The topological polar surface area (TPSA) is 72.2 Å². The van der Waals surface area contributed by atoms with Gasteiger partial charge in [-0.25, -0.2) is 13.1 Å². The van der Waals surface area contributed by atoms with E-state index in [0.29, 0.717) is 14.9 Å². The Morgan fingerprint density at radius 2 is 1.86 bits per heavy atom. The van der Waals surface area contributed by atoms with Crippen LogP contribution in [0.1, 0.15) is 10.4 Å². The van der Waals surface area contributed by atoms with Crippen LogP contribution < -0.4 is 10.5 Å². The number of rotatable bonds is 5. The summed E-state index contributed by atoms with van der Waals surface area (Å²) in [7, 11) is -3.76. The molecule has 0 aliphatic rings. The standard InChI is InChI=1S/C12H11Cl3N2O2S2/c13-9-4-10(14)11(3-7(9)5-16)21(18,19)17-6-8-1-2-12(15)20-8/h1-4,17H,5-6,16H2. The number of thiophene rings is 1. The van der Waals surface area contributed by atoms with Crippen molar-refractivity contribution < 1.29 is 8.42 Å². The fourth-order valence-electron chi connectivity index (χ4n) is 1.62. The van der Waals surface area contributed by atoms with Crippen molar-refractivity contribution in [3.8, 4) is 0 Å². The van der Waals surface area contributed by atoms with Crippen molar-refractivity contribution in [3.63, 3.8) is 0 Å². The number of halogens is 3. The van der Waals surface area contributed by atoms with E-state index in [1.54, 1.807) is 12.1 Å². The molecular weight excluding hydrogens is 375 g/mol. The maximum atomic E-state index is 12.3. The van der Waals surface area contributed by atoms with E-state index >= 15 is 0 Å². The van der Waals surface area contributed by atoms with E-state index in [2.05, 4.69) is 4.72 Å². The highest BCUT2D eigenvalue weighted by Crippen LogP contribution is 2.29. The Balaban J connectivity index is 2.27. The lowest BCUT2D eigenvalue weighted by molar-refractivity contribution is 0.581. The molecule has 0 spiro atoms. The van der Waals surface area contributed by atoms with Gasteiger partial charge in [-0.1, -0.05) is 34.8 Å². The first kappa shape index (κ1) is 17.0. The van der Waals surface area contributed by atoms with Crippen LogP contribution >= 0.6 is 46.1 Å². The number of nitrogens with two attached hydrogens (primary N) is 1. The zero-order chi connectivity index (χ0) is 15.6. The second-order valence-corrected chi connectivity index (χ2v) is 8.46. The van der Waals surface area contributed by atoms with Gasteiger partial charge in [-0.05, 0) is 29.8 Å². The van der Waals surface area contributed by atoms with Crippen molar-refractivity contribution >= 4 is 56.2 Å². The molecule has 0 unspecified atom stereocenters. The van der Waals surface area contributed by atoms with Crippen molar-refractivity contribution in [2.45, 2.75) is 18.0 Å². The van der Waals surface area contributed by atoms with Crippen LogP contribution in [0.2, 0.25) is 14.4 Å². The van der Waals surface area contributed by atoms with Crippen LogP contribution in [0, 0.1) is 0 Å². The van der Waals surface area contributed by atoms with Crippen molar-refractivity contribution in [1.82, 2.24) is 4.72 Å². The average Bonchev–Trinajstić information content (AvgIpc) is 2.82. The predicted octanol–water partition coefficient (Wildman–Crippen LogP) is 3.65. The molecule has 0 aliphatic heterocycles. The van der Waals surface area contributed by atoms with E-state index in [-0.39, 0.29) is 23.0 Å². The molecule has 1 aromatic heterocycles. The summed E-state index contributed by atoms with van der Waals surface area (Å²) >= 11 is 19.0. The van der Waals surface area contributed by atoms with Gasteiger partial charge in [0, 0.05) is 23.0 Å². The van der Waals surface area contributed by atoms with Crippen LogP contribution in [0.25, 0.3) is 0 Å². The average molecular weight is 386 g/mol. The van der Waals surface area contributed by atoms with Crippen molar-refractivity contribution in [1.29, 1.82) is 0 Å². The third-order valence-corrected chi connectivity index (χ3v) is 6.12. The Hall–Kier alpha value is -0.340. The molecule has 0 amide bonds. The molecule has 0 aliphatic carbocycles. The highest BCUT2D eigenvalue weighted by molar-refractivity contribution is 7.89. The Bertz CT molecular complexity index is 760. The first-order valence-electron chi connectivity index (χ1n) is 5.75. The van der Waals surface area contributed by atoms with Crippen LogP contribution in [0.4, 0.5) is 0 Å². The molecule has 1 aromatic carbocycles. The Labute approximate surface area is 141 Å². The Morgan fingerprint density at radius 3 is 2.43 bits per heavy atom. The van der Waals surface area contributed by atoms with Crippen LogP contribution in [0.15, 0.2) is 29.2 Å². The summed E-state index contributed by atoms with van der Waals surface area (Å²) < 4.78 is 27.7. The van der Waals surface area contributed by atoms with Gasteiger partial charge in [-0.2, -0.15) is 0 Å². The maximum Gasteiger partial charge on any atom is 0.242 e. The van der Waals surface area contributed by atoms with Gasteiger partial charge in [0.15, 0.2) is 0 Å². The smallest absolute Gasteiger partial charge is 0.242 e. The molecule has 3 N–H and O–H groups in total. The summed E-state index contributed by atoms with van der Waals surface area (Å²) in [5.41, 5.74) is 6.04. The van der Waals surface area contributed by atoms with E-state index in [9.17, 15) is 8.42 Å². The zero-order valence-electron chi connectivity index (χ0n) is 10.6. The fourth-order valence-corrected chi connectivity index (χ4v) is 4.62. The minimum Gasteiger partial charge on any atom is -0.326 e. The van der Waals surface area contributed by atoms with E-state index in [4.69, 9.17) is 40.5 Å². The number of sulfonamides is 1. The number of benzene rings is 1. The van der Waals surface area contributed by atoms with Crippen molar-refractivity contribution in [3.05, 3.63) is 49.1 Å². The molecule has 0 fully saturated rings. The SMILES string of the molecule is NCc1cc(S(=O)(=O)NCc2ccc(Cl)s2)c(Cl)cc1Cl. The molecule has 114 valence electrons. The van der Waals surface area contributed by atoms with E-state index < -0.39 is 10.0 Å². The van der Waals surface area contributed by atoms with Crippen LogP contribution in [0.3, 0.4) is 0 Å². The van der Waals surface area contributed by atoms with Gasteiger partial charge in [0.05, 0.1) is 9.36 Å². The van der Waals surface area contributed by atoms with Gasteiger partial charge < -0.3 is 5.73 Å². The molecule has 9 heteroatoms. The fraction of sp³-hybridized carbons (Fsp3) is 0.167. The van der Waals surface area contributed by atoms with Crippen LogP contribution in [-0.2, 0) is 23.1 Å². The minimum atomic E-state index is -3.76. The molecule has 1 heterocycles. The summed E-state index contributed by atoms with van der Waals surface area (Å²) in [5.74, 6) is 0. The van der Waals surface area contributed by atoms with E-state index in [0.717, 1.165) is 4.88 Å². The molecule has 21 heavy (non-hydrogen) atoms. The van der Waals surface area contributed by atoms with Gasteiger partial charge in [0.2, 0.25) is 10.0 Å². The second-order valence-electron chi connectivity index (χ2n) is 4.11. The highest BCUT2D eigenvalue weighted by Gasteiger charge is 2.20. The van der Waals surface area contributed by atoms with Gasteiger partial charge >= 0.3 is 0 Å². The van der Waals surface area contributed by atoms with E-state index in [1.807, 2.05) is 0 Å². The third-order valence-electron chi connectivity index (χ3n) is 2.68. The van der Waals surface area contributed by atoms with Crippen molar-refractivity contribution in [2.24, 2.45) is 5.73 Å². The zero-order valence-corrected chi connectivity index (χ0v) is 14.5. The minimum absolute atomic E-state index is 0.0448. The summed E-state index contributed by atoms with van der Waals surface area (Å²) in [4.78, 5) is 0.754. The first-order valence-corrected chi connectivity index (χ1v) is 9.18. The third kappa shape index (κ3) is 4.10. The molecular formula is C12H11Cl3N2O2S2. The predicted molar refractivity (Wildman–Crippen MR) is 87.7 cm³/mol. The highest BCUT2D eigenvalue weighted by atomic mass is 35.5. The summed E-state index contributed by atoms with van der Waals surface area (Å²) in [6.07, 6.45) is 0. The lowest BCUT2D eigenvalue weighted by atomic mass is 10.2.